The van der Waals surface area contributed by atoms with Crippen LogP contribution in [0.1, 0.15) is 13.3 Å². The van der Waals surface area contributed by atoms with Gasteiger partial charge >= 0.3 is 12.0 Å². The van der Waals surface area contributed by atoms with Crippen molar-refractivity contribution in [3.63, 3.8) is 0 Å². The summed E-state index contributed by atoms with van der Waals surface area (Å²) in [5.74, 6) is -1.74. The summed E-state index contributed by atoms with van der Waals surface area (Å²) in [7, 11) is 0. The first-order valence-electron chi connectivity index (χ1n) is 8.78. The topological polar surface area (TPSA) is 127 Å². The third kappa shape index (κ3) is 4.06. The molecular weight excluding hydrogens is 375 g/mol. The van der Waals surface area contributed by atoms with Crippen molar-refractivity contribution < 1.29 is 33.7 Å². The first-order valence-corrected chi connectivity index (χ1v) is 8.78. The van der Waals surface area contributed by atoms with Crippen LogP contribution < -0.4 is 20.2 Å². The molecular formula is C17H21FN4O6. The Hall–Kier alpha value is -2.76. The van der Waals surface area contributed by atoms with Crippen molar-refractivity contribution in [3.8, 4) is 0 Å². The Bertz CT molecular complexity index is 791. The maximum absolute atomic E-state index is 14.6. The molecule has 11 heteroatoms. The molecule has 0 aliphatic carbocycles. The van der Waals surface area contributed by atoms with E-state index in [0.717, 1.165) is 6.92 Å². The van der Waals surface area contributed by atoms with Gasteiger partial charge in [0.05, 0.1) is 24.8 Å². The number of nitrogens with one attached hydrogen (secondary N) is 2. The van der Waals surface area contributed by atoms with E-state index in [0.29, 0.717) is 13.0 Å². The van der Waals surface area contributed by atoms with Crippen LogP contribution in [0.4, 0.5) is 20.6 Å². The third-order valence-electron chi connectivity index (χ3n) is 4.72. The van der Waals surface area contributed by atoms with E-state index in [9.17, 15) is 24.0 Å². The summed E-state index contributed by atoms with van der Waals surface area (Å²) in [6.45, 7) is 0.869. The molecule has 152 valence electrons. The molecule has 0 spiro atoms. The molecule has 3 atom stereocenters. The van der Waals surface area contributed by atoms with E-state index in [1.165, 1.54) is 23.1 Å². The van der Waals surface area contributed by atoms with Crippen LogP contribution in [0.15, 0.2) is 18.2 Å². The minimum absolute atomic E-state index is 0.0372. The molecule has 1 aromatic carbocycles. The van der Waals surface area contributed by atoms with Gasteiger partial charge in [0, 0.05) is 13.0 Å². The SMILES string of the molecule is CC(=O)[NH+]([O-])C[C@@H]1CN(c2ccc(N3CCC3NC(=O)CO)c(F)c2)C(=O)O1. The molecule has 3 amide bonds. The zero-order valence-electron chi connectivity index (χ0n) is 15.2. The fraction of sp³-hybridized carbons (Fsp3) is 0.471. The highest BCUT2D eigenvalue weighted by Crippen LogP contribution is 2.31. The lowest BCUT2D eigenvalue weighted by molar-refractivity contribution is -0.768. The number of rotatable bonds is 6. The number of hydrogen-bond acceptors (Lipinski definition) is 7. The van der Waals surface area contributed by atoms with Crippen LogP contribution in [0.5, 0.6) is 0 Å². The van der Waals surface area contributed by atoms with Crippen LogP contribution in [0.3, 0.4) is 0 Å². The molecule has 0 aromatic heterocycles. The van der Waals surface area contributed by atoms with Gasteiger partial charge in [-0.3, -0.25) is 9.69 Å². The molecule has 10 nitrogen and oxygen atoms in total. The number of halogens is 1. The smallest absolute Gasteiger partial charge is 0.414 e. The number of carbonyl (C=O) groups excluding carboxylic acids is 3. The predicted molar refractivity (Wildman–Crippen MR) is 94.9 cm³/mol. The normalized spacial score (nSPS) is 22.5. The molecule has 0 saturated carbocycles. The fourth-order valence-electron chi connectivity index (χ4n) is 3.14. The summed E-state index contributed by atoms with van der Waals surface area (Å²) in [5, 5.41) is 22.3. The Morgan fingerprint density at radius 1 is 1.46 bits per heavy atom. The fourth-order valence-corrected chi connectivity index (χ4v) is 3.14. The summed E-state index contributed by atoms with van der Waals surface area (Å²) < 4.78 is 19.7. The van der Waals surface area contributed by atoms with Gasteiger partial charge < -0.3 is 30.3 Å². The van der Waals surface area contributed by atoms with Gasteiger partial charge in [0.2, 0.25) is 5.91 Å². The Morgan fingerprint density at radius 3 is 2.79 bits per heavy atom. The number of hydrogen-bond donors (Lipinski definition) is 3. The molecule has 2 saturated heterocycles. The second kappa shape index (κ2) is 8.09. The van der Waals surface area contributed by atoms with E-state index in [4.69, 9.17) is 9.84 Å². The summed E-state index contributed by atoms with van der Waals surface area (Å²) in [4.78, 5) is 37.3. The Labute approximate surface area is 160 Å². The number of aliphatic hydroxyl groups excluding tert-OH is 1. The van der Waals surface area contributed by atoms with Gasteiger partial charge in [-0.15, -0.1) is 0 Å². The molecule has 0 radical (unpaired) electrons. The van der Waals surface area contributed by atoms with Crippen molar-refractivity contribution in [3.05, 3.63) is 29.2 Å². The van der Waals surface area contributed by atoms with Crippen molar-refractivity contribution in [2.45, 2.75) is 25.6 Å². The highest BCUT2D eigenvalue weighted by atomic mass is 19.1. The van der Waals surface area contributed by atoms with E-state index < -0.39 is 47.7 Å². The van der Waals surface area contributed by atoms with E-state index in [1.807, 2.05) is 0 Å². The minimum atomic E-state index is -0.764. The number of quaternary nitrogens is 1. The number of carbonyl (C=O) groups is 3. The molecule has 2 aliphatic rings. The first kappa shape index (κ1) is 20.0. The highest BCUT2D eigenvalue weighted by Gasteiger charge is 2.36. The lowest BCUT2D eigenvalue weighted by Gasteiger charge is -2.43. The van der Waals surface area contributed by atoms with Gasteiger partial charge in [0.25, 0.3) is 0 Å². The first-order chi connectivity index (χ1) is 13.3. The molecule has 2 heterocycles. The van der Waals surface area contributed by atoms with E-state index >= 15 is 0 Å². The average molecular weight is 396 g/mol. The standard InChI is InChI=1S/C17H21FN4O6/c1-10(24)22(27)8-12-7-21(17(26)28-12)11-2-3-14(13(18)6-11)20-5-4-15(20)19-16(25)9-23/h2-3,6,12,15,22-23H,4-5,7-9H2,1H3,(H,19,25)/t12-,15?/m0/s1. The van der Waals surface area contributed by atoms with Gasteiger partial charge in [0.15, 0.2) is 6.10 Å². The third-order valence-corrected chi connectivity index (χ3v) is 4.72. The van der Waals surface area contributed by atoms with Crippen LogP contribution in [0.25, 0.3) is 0 Å². The van der Waals surface area contributed by atoms with Crippen LogP contribution in [0.2, 0.25) is 0 Å². The van der Waals surface area contributed by atoms with Crippen molar-refractivity contribution in [1.82, 2.24) is 5.32 Å². The number of anilines is 2. The van der Waals surface area contributed by atoms with Crippen LogP contribution in [-0.2, 0) is 14.3 Å². The van der Waals surface area contributed by atoms with Crippen LogP contribution >= 0.6 is 0 Å². The zero-order valence-corrected chi connectivity index (χ0v) is 15.2. The number of nitrogens with zero attached hydrogens (tertiary/aromatic N) is 2. The maximum atomic E-state index is 14.6. The predicted octanol–water partition coefficient (Wildman–Crippen LogP) is -1.28. The summed E-state index contributed by atoms with van der Waals surface area (Å²) in [6, 6.07) is 4.20. The number of cyclic esters (lactones) is 1. The second-order valence-electron chi connectivity index (χ2n) is 6.66. The monoisotopic (exact) mass is 396 g/mol. The van der Waals surface area contributed by atoms with Gasteiger partial charge in [-0.1, -0.05) is 0 Å². The molecule has 1 aromatic rings. The molecule has 28 heavy (non-hydrogen) atoms. The van der Waals surface area contributed by atoms with Crippen LogP contribution in [-0.4, -0.2) is 61.5 Å². The average Bonchev–Trinajstić information content (AvgIpc) is 3.00. The van der Waals surface area contributed by atoms with Crippen molar-refractivity contribution in [2.75, 3.05) is 36.0 Å². The number of amides is 3. The van der Waals surface area contributed by atoms with E-state index in [2.05, 4.69) is 5.32 Å². The van der Waals surface area contributed by atoms with Gasteiger partial charge in [-0.25, -0.2) is 14.0 Å². The van der Waals surface area contributed by atoms with E-state index in [1.54, 1.807) is 4.90 Å². The quantitative estimate of drug-likeness (QED) is 0.512. The summed E-state index contributed by atoms with van der Waals surface area (Å²) >= 11 is 0. The number of hydroxylamine groups is 2. The minimum Gasteiger partial charge on any atom is -0.627 e. The van der Waals surface area contributed by atoms with Crippen molar-refractivity contribution in [2.24, 2.45) is 0 Å². The van der Waals surface area contributed by atoms with Gasteiger partial charge in [-0.2, -0.15) is 0 Å². The number of aliphatic hydroxyl groups is 1. The molecule has 2 unspecified atom stereocenters. The van der Waals surface area contributed by atoms with Crippen LogP contribution in [0, 0.1) is 11.0 Å². The molecule has 0 bridgehead atoms. The molecule has 3 N–H and O–H groups in total. The van der Waals surface area contributed by atoms with Gasteiger partial charge in [-0.05, 0) is 18.2 Å². The lowest BCUT2D eigenvalue weighted by atomic mass is 10.1. The van der Waals surface area contributed by atoms with E-state index in [-0.39, 0.29) is 24.5 Å². The summed E-state index contributed by atoms with van der Waals surface area (Å²) in [5.41, 5.74) is 0.523. The lowest BCUT2D eigenvalue weighted by Crippen LogP contribution is -3.10. The zero-order chi connectivity index (χ0) is 20.4. The Kier molecular flexibility index (Phi) is 5.77. The van der Waals surface area contributed by atoms with Crippen molar-refractivity contribution in [1.29, 1.82) is 0 Å². The Balaban J connectivity index is 1.68. The summed E-state index contributed by atoms with van der Waals surface area (Å²) in [6.07, 6.45) is -1.26. The van der Waals surface area contributed by atoms with Crippen molar-refractivity contribution >= 4 is 29.3 Å². The Morgan fingerprint density at radius 2 is 2.21 bits per heavy atom. The number of benzene rings is 1. The van der Waals surface area contributed by atoms with Gasteiger partial charge in [0.1, 0.15) is 25.1 Å². The molecule has 3 rings (SSSR count). The largest absolute Gasteiger partial charge is 0.627 e. The maximum Gasteiger partial charge on any atom is 0.414 e. The molecule has 2 fully saturated rings. The molecule has 2 aliphatic heterocycles. The second-order valence-corrected chi connectivity index (χ2v) is 6.66. The number of ether oxygens (including phenoxy) is 1. The highest BCUT2D eigenvalue weighted by molar-refractivity contribution is 5.90.